The molecule has 1 fully saturated rings. The third-order valence-corrected chi connectivity index (χ3v) is 5.25. The van der Waals surface area contributed by atoms with Crippen molar-refractivity contribution in [2.75, 3.05) is 19.7 Å². The van der Waals surface area contributed by atoms with E-state index < -0.39 is 0 Å². The molecule has 1 aromatic heterocycles. The number of carbonyl (C=O) groups excluding carboxylic acids is 1. The summed E-state index contributed by atoms with van der Waals surface area (Å²) in [4.78, 5) is 28.3. The van der Waals surface area contributed by atoms with Gasteiger partial charge in [0.15, 0.2) is 6.61 Å². The summed E-state index contributed by atoms with van der Waals surface area (Å²) in [5.74, 6) is 0.748. The van der Waals surface area contributed by atoms with E-state index in [9.17, 15) is 9.59 Å². The molecule has 144 valence electrons. The van der Waals surface area contributed by atoms with Crippen LogP contribution in [0.25, 0.3) is 21.9 Å². The Kier molecular flexibility index (Phi) is 5.42. The van der Waals surface area contributed by atoms with Gasteiger partial charge in [0.1, 0.15) is 5.75 Å². The van der Waals surface area contributed by atoms with Gasteiger partial charge in [-0.15, -0.1) is 0 Å². The van der Waals surface area contributed by atoms with Gasteiger partial charge >= 0.3 is 0 Å². The molecule has 2 aromatic carbocycles. The first-order valence-electron chi connectivity index (χ1n) is 9.82. The maximum atomic E-state index is 12.4. The van der Waals surface area contributed by atoms with Crippen molar-refractivity contribution in [2.24, 2.45) is 0 Å². The predicted octanol–water partition coefficient (Wildman–Crippen LogP) is 3.98. The molecule has 1 saturated heterocycles. The number of rotatable bonds is 4. The monoisotopic (exact) mass is 376 g/mol. The van der Waals surface area contributed by atoms with Crippen LogP contribution in [0.1, 0.15) is 25.7 Å². The number of amides is 1. The topological polar surface area (TPSA) is 62.4 Å². The summed E-state index contributed by atoms with van der Waals surface area (Å²) >= 11 is 0. The molecular formula is C23H24N2O3. The van der Waals surface area contributed by atoms with Crippen molar-refractivity contribution in [2.45, 2.75) is 25.7 Å². The van der Waals surface area contributed by atoms with Crippen molar-refractivity contribution in [3.8, 4) is 16.9 Å². The van der Waals surface area contributed by atoms with Gasteiger partial charge in [-0.25, -0.2) is 0 Å². The molecule has 1 aliphatic rings. The molecular weight excluding hydrogens is 352 g/mol. The standard InChI is InChI=1S/C23H24N2O3/c26-22-10-8-19(15-24-22)18-6-5-17-7-9-21(14-20(17)13-18)28-16-23(27)25-11-3-1-2-4-12-25/h5-10,13-15H,1-4,11-12,16H2,(H,24,26). The van der Waals surface area contributed by atoms with Crippen molar-refractivity contribution < 1.29 is 9.53 Å². The van der Waals surface area contributed by atoms with E-state index in [0.717, 1.165) is 47.8 Å². The number of hydrogen-bond donors (Lipinski definition) is 1. The Morgan fingerprint density at radius 2 is 1.64 bits per heavy atom. The average Bonchev–Trinajstić information content (AvgIpc) is 3.01. The van der Waals surface area contributed by atoms with Crippen LogP contribution in [0.5, 0.6) is 5.75 Å². The number of hydrogen-bond acceptors (Lipinski definition) is 3. The number of H-pyrrole nitrogens is 1. The molecule has 28 heavy (non-hydrogen) atoms. The fourth-order valence-corrected chi connectivity index (χ4v) is 3.64. The molecule has 0 spiro atoms. The van der Waals surface area contributed by atoms with Gasteiger partial charge in [0.2, 0.25) is 5.56 Å². The van der Waals surface area contributed by atoms with Gasteiger partial charge in [-0.3, -0.25) is 9.59 Å². The van der Waals surface area contributed by atoms with Crippen molar-refractivity contribution in [3.05, 3.63) is 65.1 Å². The molecule has 1 N–H and O–H groups in total. The summed E-state index contributed by atoms with van der Waals surface area (Å²) in [5, 5.41) is 2.13. The van der Waals surface area contributed by atoms with E-state index in [4.69, 9.17) is 4.74 Å². The van der Waals surface area contributed by atoms with Crippen molar-refractivity contribution in [3.63, 3.8) is 0 Å². The second-order valence-corrected chi connectivity index (χ2v) is 7.25. The van der Waals surface area contributed by atoms with Crippen molar-refractivity contribution in [1.29, 1.82) is 0 Å². The highest BCUT2D eigenvalue weighted by atomic mass is 16.5. The highest BCUT2D eigenvalue weighted by molar-refractivity contribution is 5.88. The first-order valence-corrected chi connectivity index (χ1v) is 9.82. The van der Waals surface area contributed by atoms with E-state index in [1.807, 2.05) is 35.2 Å². The van der Waals surface area contributed by atoms with Crippen LogP contribution in [-0.2, 0) is 4.79 Å². The molecule has 1 amide bonds. The summed E-state index contributed by atoms with van der Waals surface area (Å²) in [6, 6.07) is 15.3. The number of carbonyl (C=O) groups is 1. The molecule has 3 aromatic rings. The van der Waals surface area contributed by atoms with Crippen LogP contribution in [0.2, 0.25) is 0 Å². The Hall–Kier alpha value is -3.08. The zero-order valence-corrected chi connectivity index (χ0v) is 15.8. The minimum atomic E-state index is -0.116. The van der Waals surface area contributed by atoms with Crippen LogP contribution >= 0.6 is 0 Å². The zero-order chi connectivity index (χ0) is 19.3. The lowest BCUT2D eigenvalue weighted by atomic mass is 10.0. The molecule has 0 radical (unpaired) electrons. The summed E-state index contributed by atoms with van der Waals surface area (Å²) in [6.07, 6.45) is 6.27. The SMILES string of the molecule is O=C(COc1ccc2ccc(-c3ccc(=O)[nH]c3)cc2c1)N1CCCCCC1. The molecule has 0 bridgehead atoms. The lowest BCUT2D eigenvalue weighted by Crippen LogP contribution is -2.35. The molecule has 4 rings (SSSR count). The molecule has 2 heterocycles. The molecule has 1 aliphatic heterocycles. The van der Waals surface area contributed by atoms with E-state index in [0.29, 0.717) is 5.75 Å². The van der Waals surface area contributed by atoms with Crippen LogP contribution in [0, 0.1) is 0 Å². The Bertz CT molecular complexity index is 1010. The Morgan fingerprint density at radius 1 is 0.893 bits per heavy atom. The van der Waals surface area contributed by atoms with Gasteiger partial charge in [0, 0.05) is 25.4 Å². The quantitative estimate of drug-likeness (QED) is 0.749. The van der Waals surface area contributed by atoms with Gasteiger partial charge < -0.3 is 14.6 Å². The summed E-state index contributed by atoms with van der Waals surface area (Å²) in [5.41, 5.74) is 1.85. The number of aromatic nitrogens is 1. The Balaban J connectivity index is 1.49. The van der Waals surface area contributed by atoms with E-state index in [1.54, 1.807) is 12.3 Å². The Labute approximate surface area is 163 Å². The lowest BCUT2D eigenvalue weighted by Gasteiger charge is -2.20. The van der Waals surface area contributed by atoms with Gasteiger partial charge in [-0.1, -0.05) is 31.0 Å². The van der Waals surface area contributed by atoms with Gasteiger partial charge in [-0.2, -0.15) is 0 Å². The van der Waals surface area contributed by atoms with Gasteiger partial charge in [0.05, 0.1) is 0 Å². The third kappa shape index (κ3) is 4.25. The smallest absolute Gasteiger partial charge is 0.260 e. The number of benzene rings is 2. The second-order valence-electron chi connectivity index (χ2n) is 7.25. The first-order chi connectivity index (χ1) is 13.7. The third-order valence-electron chi connectivity index (χ3n) is 5.25. The van der Waals surface area contributed by atoms with E-state index in [-0.39, 0.29) is 18.1 Å². The number of nitrogens with zero attached hydrogens (tertiary/aromatic N) is 1. The van der Waals surface area contributed by atoms with Crippen molar-refractivity contribution >= 4 is 16.7 Å². The Morgan fingerprint density at radius 3 is 2.39 bits per heavy atom. The molecule has 0 saturated carbocycles. The molecule has 0 atom stereocenters. The van der Waals surface area contributed by atoms with Gasteiger partial charge in [-0.05, 0) is 59.0 Å². The number of ether oxygens (including phenoxy) is 1. The maximum Gasteiger partial charge on any atom is 0.260 e. The lowest BCUT2D eigenvalue weighted by molar-refractivity contribution is -0.133. The minimum Gasteiger partial charge on any atom is -0.484 e. The molecule has 0 unspecified atom stereocenters. The van der Waals surface area contributed by atoms with E-state index in [2.05, 4.69) is 11.1 Å². The zero-order valence-electron chi connectivity index (χ0n) is 15.8. The fourth-order valence-electron chi connectivity index (χ4n) is 3.64. The summed E-state index contributed by atoms with van der Waals surface area (Å²) in [7, 11) is 0. The predicted molar refractivity (Wildman–Crippen MR) is 111 cm³/mol. The number of aromatic amines is 1. The number of fused-ring (bicyclic) bond motifs is 1. The number of nitrogens with one attached hydrogen (secondary N) is 1. The van der Waals surface area contributed by atoms with Crippen LogP contribution in [-0.4, -0.2) is 35.5 Å². The summed E-state index contributed by atoms with van der Waals surface area (Å²) in [6.45, 7) is 1.75. The summed E-state index contributed by atoms with van der Waals surface area (Å²) < 4.78 is 5.79. The van der Waals surface area contributed by atoms with Crippen LogP contribution in [0.4, 0.5) is 0 Å². The highest BCUT2D eigenvalue weighted by Gasteiger charge is 2.16. The van der Waals surface area contributed by atoms with Crippen LogP contribution in [0.15, 0.2) is 59.5 Å². The highest BCUT2D eigenvalue weighted by Crippen LogP contribution is 2.26. The second kappa shape index (κ2) is 8.30. The molecule has 5 nitrogen and oxygen atoms in total. The molecule has 0 aliphatic carbocycles. The van der Waals surface area contributed by atoms with E-state index in [1.165, 1.54) is 18.9 Å². The average molecular weight is 376 g/mol. The van der Waals surface area contributed by atoms with E-state index >= 15 is 0 Å². The minimum absolute atomic E-state index is 0.0592. The number of pyridine rings is 1. The van der Waals surface area contributed by atoms with Crippen LogP contribution in [0.3, 0.4) is 0 Å². The largest absolute Gasteiger partial charge is 0.484 e. The number of likely N-dealkylation sites (tertiary alicyclic amines) is 1. The fraction of sp³-hybridized carbons (Fsp3) is 0.304. The normalized spacial score (nSPS) is 14.6. The van der Waals surface area contributed by atoms with Gasteiger partial charge in [0.25, 0.3) is 5.91 Å². The first kappa shape index (κ1) is 18.3. The maximum absolute atomic E-state index is 12.4. The van der Waals surface area contributed by atoms with Crippen molar-refractivity contribution in [1.82, 2.24) is 9.88 Å². The molecule has 5 heteroatoms. The van der Waals surface area contributed by atoms with Crippen LogP contribution < -0.4 is 10.3 Å².